The lowest BCUT2D eigenvalue weighted by atomic mass is 10.2. The fourth-order valence-corrected chi connectivity index (χ4v) is 2.38. The molecule has 2 N–H and O–H groups in total. The molecule has 0 spiro atoms. The molecule has 0 aliphatic carbocycles. The van der Waals surface area contributed by atoms with Crippen molar-refractivity contribution in [3.8, 4) is 5.75 Å². The summed E-state index contributed by atoms with van der Waals surface area (Å²) in [5.41, 5.74) is 8.34. The first kappa shape index (κ1) is 15.8. The molecule has 0 unspecified atom stereocenters. The highest BCUT2D eigenvalue weighted by molar-refractivity contribution is 5.93. The minimum atomic E-state index is -0.432. The maximum Gasteiger partial charge on any atom is 0.341 e. The predicted molar refractivity (Wildman–Crippen MR) is 92.9 cm³/mol. The van der Waals surface area contributed by atoms with E-state index in [-0.39, 0.29) is 6.61 Å². The zero-order chi connectivity index (χ0) is 16.9. The molecule has 5 heteroatoms. The number of benzene rings is 2. The average molecular weight is 322 g/mol. The number of fused-ring (bicyclic) bond motifs is 1. The maximum absolute atomic E-state index is 12.0. The summed E-state index contributed by atoms with van der Waals surface area (Å²) < 4.78 is 10.8. The van der Waals surface area contributed by atoms with E-state index >= 15 is 0 Å². The second-order valence-electron chi connectivity index (χ2n) is 5.26. The Balaban J connectivity index is 1.82. The zero-order valence-corrected chi connectivity index (χ0v) is 13.4. The number of carbonyl (C=O) groups is 1. The molecule has 0 amide bonds. The molecule has 0 bridgehead atoms. The minimum Gasteiger partial charge on any atom is -0.486 e. The number of hydrogen-bond acceptors (Lipinski definition) is 5. The van der Waals surface area contributed by atoms with Crippen molar-refractivity contribution in [1.82, 2.24) is 4.98 Å². The van der Waals surface area contributed by atoms with Crippen LogP contribution in [0.5, 0.6) is 5.75 Å². The second kappa shape index (κ2) is 7.00. The third kappa shape index (κ3) is 3.46. The minimum absolute atomic E-state index is 0.237. The third-order valence-electron chi connectivity index (χ3n) is 3.53. The summed E-state index contributed by atoms with van der Waals surface area (Å²) in [6, 6.07) is 16.6. The molecule has 3 aromatic rings. The molecule has 5 nitrogen and oxygen atoms in total. The van der Waals surface area contributed by atoms with Gasteiger partial charge in [0.15, 0.2) is 0 Å². The Morgan fingerprint density at radius 3 is 2.79 bits per heavy atom. The first-order chi connectivity index (χ1) is 11.7. The smallest absolute Gasteiger partial charge is 0.341 e. The van der Waals surface area contributed by atoms with Gasteiger partial charge in [0.05, 0.1) is 17.8 Å². The lowest BCUT2D eigenvalue weighted by Crippen LogP contribution is -2.09. The number of para-hydroxylation sites is 1. The third-order valence-corrected chi connectivity index (χ3v) is 3.53. The Labute approximate surface area is 140 Å². The van der Waals surface area contributed by atoms with Crippen LogP contribution in [-0.4, -0.2) is 17.6 Å². The van der Waals surface area contributed by atoms with Gasteiger partial charge in [-0.05, 0) is 31.2 Å². The number of nitrogen functional groups attached to an aromatic ring is 1. The molecular weight excluding hydrogens is 304 g/mol. The first-order valence-electron chi connectivity index (χ1n) is 7.71. The van der Waals surface area contributed by atoms with Crippen molar-refractivity contribution in [3.63, 3.8) is 0 Å². The van der Waals surface area contributed by atoms with E-state index < -0.39 is 5.97 Å². The number of hydrogen-bond donors (Lipinski definition) is 1. The quantitative estimate of drug-likeness (QED) is 0.574. The number of anilines is 1. The Bertz CT molecular complexity index is 877. The van der Waals surface area contributed by atoms with Gasteiger partial charge < -0.3 is 15.2 Å². The number of esters is 1. The van der Waals surface area contributed by atoms with Crippen molar-refractivity contribution in [3.05, 3.63) is 65.9 Å². The largest absolute Gasteiger partial charge is 0.486 e. The van der Waals surface area contributed by atoms with Gasteiger partial charge in [-0.15, -0.1) is 0 Å². The van der Waals surface area contributed by atoms with E-state index in [4.69, 9.17) is 15.2 Å². The van der Waals surface area contributed by atoms with Crippen molar-refractivity contribution in [2.75, 3.05) is 12.3 Å². The summed E-state index contributed by atoms with van der Waals surface area (Å²) >= 11 is 0. The highest BCUT2D eigenvalue weighted by atomic mass is 16.5. The molecule has 0 saturated heterocycles. The van der Waals surface area contributed by atoms with Gasteiger partial charge in [-0.25, -0.2) is 9.78 Å². The molecular formula is C19H18N2O3. The summed E-state index contributed by atoms with van der Waals surface area (Å²) in [5.74, 6) is -0.0395. The van der Waals surface area contributed by atoms with E-state index in [1.165, 1.54) is 0 Å². The first-order valence-corrected chi connectivity index (χ1v) is 7.71. The van der Waals surface area contributed by atoms with Gasteiger partial charge in [-0.1, -0.05) is 24.3 Å². The van der Waals surface area contributed by atoms with Crippen molar-refractivity contribution < 1.29 is 14.3 Å². The van der Waals surface area contributed by atoms with Crippen LogP contribution < -0.4 is 10.5 Å². The summed E-state index contributed by atoms with van der Waals surface area (Å²) in [6.45, 7) is 2.30. The molecule has 1 heterocycles. The Morgan fingerprint density at radius 2 is 1.96 bits per heavy atom. The Kier molecular flexibility index (Phi) is 4.61. The number of pyridine rings is 1. The van der Waals surface area contributed by atoms with Crippen LogP contribution in [0.3, 0.4) is 0 Å². The van der Waals surface area contributed by atoms with Gasteiger partial charge in [0, 0.05) is 17.1 Å². The van der Waals surface area contributed by atoms with Crippen molar-refractivity contribution in [2.45, 2.75) is 13.5 Å². The van der Waals surface area contributed by atoms with Gasteiger partial charge in [0.2, 0.25) is 0 Å². The summed E-state index contributed by atoms with van der Waals surface area (Å²) in [6.07, 6.45) is 0. The molecule has 0 atom stereocenters. The number of aromatic nitrogens is 1. The molecule has 0 fully saturated rings. The predicted octanol–water partition coefficient (Wildman–Crippen LogP) is 3.57. The number of ether oxygens (including phenoxy) is 2. The lowest BCUT2D eigenvalue weighted by Gasteiger charge is -2.11. The monoisotopic (exact) mass is 322 g/mol. The molecule has 0 saturated carbocycles. The summed E-state index contributed by atoms with van der Waals surface area (Å²) in [4.78, 5) is 16.6. The van der Waals surface area contributed by atoms with Crippen LogP contribution in [0.2, 0.25) is 0 Å². The lowest BCUT2D eigenvalue weighted by molar-refractivity contribution is 0.0521. The molecule has 1 aromatic heterocycles. The summed E-state index contributed by atoms with van der Waals surface area (Å²) in [5, 5.41) is 1.07. The van der Waals surface area contributed by atoms with Crippen LogP contribution in [0, 0.1) is 0 Å². The van der Waals surface area contributed by atoms with Crippen molar-refractivity contribution in [2.24, 2.45) is 0 Å². The Morgan fingerprint density at radius 1 is 1.12 bits per heavy atom. The zero-order valence-electron chi connectivity index (χ0n) is 13.4. The van der Waals surface area contributed by atoms with E-state index in [0.717, 1.165) is 16.6 Å². The van der Waals surface area contributed by atoms with E-state index in [1.54, 1.807) is 25.1 Å². The maximum atomic E-state index is 12.0. The van der Waals surface area contributed by atoms with Gasteiger partial charge in [-0.2, -0.15) is 0 Å². The SMILES string of the molecule is CCOC(=O)c1ccc(N)cc1OCc1ccc2ccccc2n1. The Hall–Kier alpha value is -3.08. The fourth-order valence-electron chi connectivity index (χ4n) is 2.38. The topological polar surface area (TPSA) is 74.4 Å². The van der Waals surface area contributed by atoms with Crippen LogP contribution in [0.15, 0.2) is 54.6 Å². The van der Waals surface area contributed by atoms with Crippen LogP contribution in [0.4, 0.5) is 5.69 Å². The van der Waals surface area contributed by atoms with Crippen molar-refractivity contribution >= 4 is 22.6 Å². The molecule has 0 aliphatic heterocycles. The van der Waals surface area contributed by atoms with Crippen molar-refractivity contribution in [1.29, 1.82) is 0 Å². The number of nitrogens with zero attached hydrogens (tertiary/aromatic N) is 1. The molecule has 0 aliphatic rings. The molecule has 3 rings (SSSR count). The van der Waals surface area contributed by atoms with E-state index in [2.05, 4.69) is 4.98 Å². The molecule has 122 valence electrons. The van der Waals surface area contributed by atoms with Gasteiger partial charge in [0.25, 0.3) is 0 Å². The van der Waals surface area contributed by atoms with Crippen LogP contribution >= 0.6 is 0 Å². The van der Waals surface area contributed by atoms with E-state index in [9.17, 15) is 4.79 Å². The highest BCUT2D eigenvalue weighted by Crippen LogP contribution is 2.24. The van der Waals surface area contributed by atoms with Gasteiger partial charge in [0.1, 0.15) is 17.9 Å². The highest BCUT2D eigenvalue weighted by Gasteiger charge is 2.14. The van der Waals surface area contributed by atoms with Gasteiger partial charge >= 0.3 is 5.97 Å². The number of rotatable bonds is 5. The summed E-state index contributed by atoms with van der Waals surface area (Å²) in [7, 11) is 0. The second-order valence-corrected chi connectivity index (χ2v) is 5.26. The number of carbonyl (C=O) groups excluding carboxylic acids is 1. The van der Waals surface area contributed by atoms with Crippen LogP contribution in [0.1, 0.15) is 23.0 Å². The normalized spacial score (nSPS) is 10.5. The molecule has 0 radical (unpaired) electrons. The van der Waals surface area contributed by atoms with Crippen LogP contribution in [0.25, 0.3) is 10.9 Å². The molecule has 24 heavy (non-hydrogen) atoms. The van der Waals surface area contributed by atoms with Gasteiger partial charge in [-0.3, -0.25) is 0 Å². The van der Waals surface area contributed by atoms with E-state index in [1.807, 2.05) is 36.4 Å². The van der Waals surface area contributed by atoms with Crippen LogP contribution in [-0.2, 0) is 11.3 Å². The number of nitrogens with two attached hydrogens (primary N) is 1. The average Bonchev–Trinajstić information content (AvgIpc) is 2.60. The molecule has 2 aromatic carbocycles. The fraction of sp³-hybridized carbons (Fsp3) is 0.158. The standard InChI is InChI=1S/C19H18N2O3/c1-2-23-19(22)16-10-8-14(20)11-18(16)24-12-15-9-7-13-5-3-4-6-17(13)21-15/h3-11H,2,12,20H2,1H3. The van der Waals surface area contributed by atoms with E-state index in [0.29, 0.717) is 23.6 Å².